The van der Waals surface area contributed by atoms with Gasteiger partial charge in [0.25, 0.3) is 0 Å². The van der Waals surface area contributed by atoms with E-state index in [9.17, 15) is 42.9 Å². The molecule has 303 valence electrons. The van der Waals surface area contributed by atoms with Gasteiger partial charge in [-0.1, -0.05) is 5.21 Å². The van der Waals surface area contributed by atoms with E-state index < -0.39 is 47.3 Å². The molecule has 0 unspecified atom stereocenters. The molecule has 0 amide bonds. The molecule has 1 radical (unpaired) electrons. The second-order valence-corrected chi connectivity index (χ2v) is 14.2. The van der Waals surface area contributed by atoms with Crippen LogP contribution in [0, 0.1) is 36.9 Å². The predicted octanol–water partition coefficient (Wildman–Crippen LogP) is 1.88. The Bertz CT molecular complexity index is 1800. The summed E-state index contributed by atoms with van der Waals surface area (Å²) in [5, 5.41) is 38.6. The Morgan fingerprint density at radius 2 is 1.20 bits per heavy atom. The molecule has 16 nitrogen and oxygen atoms in total. The second kappa shape index (κ2) is 17.6. The van der Waals surface area contributed by atoms with Crippen molar-refractivity contribution in [3.8, 4) is 11.4 Å². The van der Waals surface area contributed by atoms with Crippen LogP contribution in [0.1, 0.15) is 66.4 Å². The Kier molecular flexibility index (Phi) is 14.2. The molecule has 0 spiro atoms. The number of hydrogen-bond donors (Lipinski definition) is 4. The normalized spacial score (nSPS) is 20.5. The number of pyridine rings is 2. The van der Waals surface area contributed by atoms with Crippen molar-refractivity contribution in [3.05, 3.63) is 58.2 Å². The first-order valence-corrected chi connectivity index (χ1v) is 17.2. The minimum atomic E-state index is -4.74. The van der Waals surface area contributed by atoms with Crippen LogP contribution in [0.25, 0.3) is 11.4 Å². The largest absolute Gasteiger partial charge is 0.480 e. The van der Waals surface area contributed by atoms with Gasteiger partial charge in [-0.25, -0.2) is 14.5 Å². The maximum Gasteiger partial charge on any atom is 0.416 e. The zero-order valence-electron chi connectivity index (χ0n) is 30.3. The van der Waals surface area contributed by atoms with Crippen molar-refractivity contribution in [1.82, 2.24) is 44.6 Å². The number of nitrogens with two attached hydrogens (primary N) is 1. The molecule has 54 heavy (non-hydrogen) atoms. The molecule has 1 fully saturated rings. The van der Waals surface area contributed by atoms with E-state index in [4.69, 9.17) is 10.7 Å². The first-order valence-electron chi connectivity index (χ1n) is 17.2. The third kappa shape index (κ3) is 10.7. The van der Waals surface area contributed by atoms with Gasteiger partial charge >= 0.3 is 24.1 Å². The topological polar surface area (TPSA) is 207 Å². The molecule has 3 aliphatic heterocycles. The molecular weight excluding hydrogens is 876 g/mol. The smallest absolute Gasteiger partial charge is 0.416 e. The quantitative estimate of drug-likeness (QED) is 0.279. The fourth-order valence-electron chi connectivity index (χ4n) is 6.54. The van der Waals surface area contributed by atoms with Gasteiger partial charge in [0, 0.05) is 102 Å². The molecular formula is C34H45F3LuN10O6. The van der Waals surface area contributed by atoms with Crippen molar-refractivity contribution < 1.29 is 79.7 Å². The molecule has 3 aromatic rings. The molecule has 0 aromatic carbocycles. The van der Waals surface area contributed by atoms with Gasteiger partial charge in [0.15, 0.2) is 0 Å². The summed E-state index contributed by atoms with van der Waals surface area (Å²) in [5.41, 5.74) is 5.25. The fraction of sp³-hybridized carbons (Fsp3) is 0.559. The number of alkyl halides is 3. The Morgan fingerprint density at radius 1 is 0.741 bits per heavy atom. The van der Waals surface area contributed by atoms with Gasteiger partial charge in [-0.2, -0.15) is 13.2 Å². The van der Waals surface area contributed by atoms with Gasteiger partial charge in [0.1, 0.15) is 23.5 Å². The van der Waals surface area contributed by atoms with Crippen LogP contribution < -0.4 is 5.73 Å². The van der Waals surface area contributed by atoms with Crippen LogP contribution >= 0.6 is 0 Å². The van der Waals surface area contributed by atoms with Crippen molar-refractivity contribution in [2.45, 2.75) is 71.1 Å². The number of carboxylic acids is 3. The van der Waals surface area contributed by atoms with E-state index in [1.54, 1.807) is 37.5 Å². The number of nitrogens with zero attached hydrogens (tertiary/aromatic N) is 9. The van der Waals surface area contributed by atoms with Crippen molar-refractivity contribution in [1.29, 1.82) is 0 Å². The molecule has 2 atom stereocenters. The maximum atomic E-state index is 14.4. The number of carbonyl (C=O) groups is 3. The zero-order chi connectivity index (χ0) is 38.8. The summed E-state index contributed by atoms with van der Waals surface area (Å²) in [6, 6.07) is 2.81. The Balaban J connectivity index is 0.00000650. The number of hydrogen-bond acceptors (Lipinski definition) is 12. The molecule has 6 heterocycles. The Labute approximate surface area is 339 Å². The number of rotatable bonds is 6. The van der Waals surface area contributed by atoms with Crippen molar-refractivity contribution in [2.24, 2.45) is 5.73 Å². The monoisotopic (exact) mass is 921 g/mol. The van der Waals surface area contributed by atoms with Crippen LogP contribution in [0.15, 0.2) is 24.3 Å². The van der Waals surface area contributed by atoms with E-state index in [2.05, 4.69) is 15.3 Å². The summed E-state index contributed by atoms with van der Waals surface area (Å²) in [6.45, 7) is 8.29. The van der Waals surface area contributed by atoms with Crippen LogP contribution in [0.2, 0.25) is 0 Å². The number of fused-ring (bicyclic) bond motifs is 8. The summed E-state index contributed by atoms with van der Waals surface area (Å²) < 4.78 is 44.5. The van der Waals surface area contributed by atoms with E-state index in [1.165, 1.54) is 16.8 Å². The summed E-state index contributed by atoms with van der Waals surface area (Å²) in [5.74, 6) is -3.35. The summed E-state index contributed by atoms with van der Waals surface area (Å²) in [6.07, 6.45) is -4.74. The minimum absolute atomic E-state index is 0. The zero-order valence-corrected chi connectivity index (χ0v) is 32.0. The minimum Gasteiger partial charge on any atom is -0.480 e. The molecule has 6 rings (SSSR count). The van der Waals surface area contributed by atoms with Crippen LogP contribution in [0.4, 0.5) is 13.2 Å². The van der Waals surface area contributed by atoms with Crippen molar-refractivity contribution in [2.75, 3.05) is 52.4 Å². The van der Waals surface area contributed by atoms with Crippen LogP contribution in [-0.2, 0) is 40.9 Å². The first kappa shape index (κ1) is 43.4. The average Bonchev–Trinajstić information content (AvgIpc) is 3.49. The SMILES string of the molecule is C[C@H](C(=O)O)N1CCN2CCN([C@H](C)C(=O)O)CCN(CC1)Cc1cc(C(=O)O)cc(n1)-c1c(C(C)(C)N)nnn1Cc1cc(C(F)(F)F)cc(n1)C2.[Lu]. The average molecular weight is 922 g/mol. The number of carboxylic acid groups (broad SMARTS) is 3. The summed E-state index contributed by atoms with van der Waals surface area (Å²) >= 11 is 0. The number of aromatic nitrogens is 5. The van der Waals surface area contributed by atoms with Gasteiger partial charge in [0.05, 0.1) is 46.0 Å². The number of aromatic carboxylic acids is 1. The van der Waals surface area contributed by atoms with E-state index in [1.807, 2.05) is 9.80 Å². The Morgan fingerprint density at radius 3 is 1.63 bits per heavy atom. The standard InChI is InChI=1S/C34H45F3N10O6.Lu/c1-20(30(48)49)45-9-5-43-6-10-46(21(2)31(50)51)12-8-44(7-11-45)18-25-15-23(34(35,36)37)16-26(39-25)19-47-28(29(41-42-47)33(3,4)38)27-14-22(32(52)53)13-24(17-43)40-27;/h13-16,20-21H,5-12,17-19,38H2,1-4H3,(H,48,49)(H,50,51)(H,52,53);/t20-,21-;/m1./s1. The molecule has 6 bridgehead atoms. The molecule has 3 aromatic heterocycles. The van der Waals surface area contributed by atoms with Crippen molar-refractivity contribution in [3.63, 3.8) is 0 Å². The fourth-order valence-corrected chi connectivity index (χ4v) is 6.54. The first-order chi connectivity index (χ1) is 24.8. The van der Waals surface area contributed by atoms with Gasteiger partial charge in [-0.3, -0.25) is 34.2 Å². The van der Waals surface area contributed by atoms with Crippen molar-refractivity contribution >= 4 is 17.9 Å². The molecule has 1 saturated heterocycles. The second-order valence-electron chi connectivity index (χ2n) is 14.2. The third-order valence-electron chi connectivity index (χ3n) is 9.68. The number of halogens is 3. The third-order valence-corrected chi connectivity index (χ3v) is 9.68. The molecule has 20 heteroatoms. The summed E-state index contributed by atoms with van der Waals surface area (Å²) in [7, 11) is 0. The van der Waals surface area contributed by atoms with Crippen LogP contribution in [0.3, 0.4) is 0 Å². The predicted molar refractivity (Wildman–Crippen MR) is 184 cm³/mol. The van der Waals surface area contributed by atoms with E-state index in [0.29, 0.717) is 18.8 Å². The molecule has 0 saturated carbocycles. The van der Waals surface area contributed by atoms with Crippen LogP contribution in [-0.4, -0.2) is 142 Å². The van der Waals surface area contributed by atoms with Gasteiger partial charge in [0.2, 0.25) is 0 Å². The van der Waals surface area contributed by atoms with E-state index >= 15 is 0 Å². The van der Waals surface area contributed by atoms with Crippen LogP contribution in [0.5, 0.6) is 0 Å². The molecule has 5 N–H and O–H groups in total. The maximum absolute atomic E-state index is 14.4. The van der Waals surface area contributed by atoms with E-state index in [-0.39, 0.29) is 130 Å². The molecule has 3 aliphatic rings. The van der Waals surface area contributed by atoms with E-state index in [0.717, 1.165) is 12.1 Å². The van der Waals surface area contributed by atoms with Gasteiger partial charge in [-0.05, 0) is 52.0 Å². The summed E-state index contributed by atoms with van der Waals surface area (Å²) in [4.78, 5) is 53.6. The number of aliphatic carboxylic acids is 2. The van der Waals surface area contributed by atoms with Gasteiger partial charge < -0.3 is 21.1 Å². The molecule has 0 aliphatic carbocycles. The van der Waals surface area contributed by atoms with Gasteiger partial charge in [-0.15, -0.1) is 5.10 Å². The Hall–Kier alpha value is -3.33.